The number of methoxy groups -OCH3 is 1. The van der Waals surface area contributed by atoms with Gasteiger partial charge in [0.15, 0.2) is 0 Å². The lowest BCUT2D eigenvalue weighted by Crippen LogP contribution is -2.26. The van der Waals surface area contributed by atoms with E-state index in [1.165, 1.54) is 7.11 Å². The number of hydrogen-bond donors (Lipinski definition) is 1. The van der Waals surface area contributed by atoms with Crippen LogP contribution in [0.25, 0.3) is 0 Å². The van der Waals surface area contributed by atoms with Crippen LogP contribution in [-0.4, -0.2) is 24.6 Å². The van der Waals surface area contributed by atoms with E-state index in [0.717, 1.165) is 5.56 Å². The molecule has 1 unspecified atom stereocenters. The molecule has 5 heteroatoms. The van der Waals surface area contributed by atoms with E-state index in [1.807, 2.05) is 20.8 Å². The molecule has 1 aromatic carbocycles. The minimum absolute atomic E-state index is 0.0921. The van der Waals surface area contributed by atoms with Crippen molar-refractivity contribution in [2.24, 2.45) is 5.73 Å². The lowest BCUT2D eigenvalue weighted by Gasteiger charge is -2.21. The van der Waals surface area contributed by atoms with Crippen LogP contribution in [0.2, 0.25) is 0 Å². The summed E-state index contributed by atoms with van der Waals surface area (Å²) in [6.45, 7) is 5.42. The maximum Gasteiger partial charge on any atom is 0.337 e. The van der Waals surface area contributed by atoms with E-state index >= 15 is 0 Å². The van der Waals surface area contributed by atoms with Gasteiger partial charge in [-0.1, -0.05) is 12.1 Å². The van der Waals surface area contributed by atoms with Crippen molar-refractivity contribution in [3.63, 3.8) is 0 Å². The van der Waals surface area contributed by atoms with Gasteiger partial charge in [0.25, 0.3) is 0 Å². The second-order valence-electron chi connectivity index (χ2n) is 5.51. The summed E-state index contributed by atoms with van der Waals surface area (Å²) >= 11 is 0. The molecule has 0 saturated carbocycles. The normalized spacial score (nSPS) is 12.7. The Morgan fingerprint density at radius 3 is 2.20 bits per heavy atom. The molecule has 0 aliphatic heterocycles. The number of carbonyl (C=O) groups is 2. The standard InChI is InChI=1S/C15H21NO4/c1-15(2,3)20-13(17)9-12(16)10-5-7-11(8-6-10)14(18)19-4/h5-8,12H,9,16H2,1-4H3. The highest BCUT2D eigenvalue weighted by molar-refractivity contribution is 5.89. The van der Waals surface area contributed by atoms with Crippen molar-refractivity contribution in [2.45, 2.75) is 38.8 Å². The van der Waals surface area contributed by atoms with Crippen LogP contribution in [0.15, 0.2) is 24.3 Å². The van der Waals surface area contributed by atoms with Gasteiger partial charge in [-0.05, 0) is 38.5 Å². The second kappa shape index (κ2) is 6.52. The first-order valence-corrected chi connectivity index (χ1v) is 6.38. The molecular formula is C15H21NO4. The first kappa shape index (κ1) is 16.2. The molecule has 0 aliphatic carbocycles. The molecule has 0 fully saturated rings. The minimum Gasteiger partial charge on any atom is -0.465 e. The fourth-order valence-electron chi connectivity index (χ4n) is 1.66. The van der Waals surface area contributed by atoms with Gasteiger partial charge in [-0.3, -0.25) is 4.79 Å². The zero-order chi connectivity index (χ0) is 15.3. The molecule has 0 heterocycles. The summed E-state index contributed by atoms with van der Waals surface area (Å²) in [4.78, 5) is 23.0. The number of carbonyl (C=O) groups excluding carboxylic acids is 2. The van der Waals surface area contributed by atoms with Crippen molar-refractivity contribution in [1.82, 2.24) is 0 Å². The van der Waals surface area contributed by atoms with Crippen molar-refractivity contribution < 1.29 is 19.1 Å². The smallest absolute Gasteiger partial charge is 0.337 e. The van der Waals surface area contributed by atoms with Gasteiger partial charge < -0.3 is 15.2 Å². The Labute approximate surface area is 119 Å². The van der Waals surface area contributed by atoms with Crippen LogP contribution in [0.3, 0.4) is 0 Å². The largest absolute Gasteiger partial charge is 0.465 e. The first-order chi connectivity index (χ1) is 9.23. The van der Waals surface area contributed by atoms with Crippen LogP contribution in [0.4, 0.5) is 0 Å². The van der Waals surface area contributed by atoms with E-state index in [9.17, 15) is 9.59 Å². The highest BCUT2D eigenvalue weighted by atomic mass is 16.6. The monoisotopic (exact) mass is 279 g/mol. The zero-order valence-electron chi connectivity index (χ0n) is 12.3. The van der Waals surface area contributed by atoms with Gasteiger partial charge in [-0.2, -0.15) is 0 Å². The maximum atomic E-state index is 11.7. The fraction of sp³-hybridized carbons (Fsp3) is 0.467. The molecule has 0 saturated heterocycles. The van der Waals surface area contributed by atoms with E-state index in [2.05, 4.69) is 4.74 Å². The average molecular weight is 279 g/mol. The third-order valence-corrected chi connectivity index (χ3v) is 2.57. The van der Waals surface area contributed by atoms with Crippen LogP contribution < -0.4 is 5.73 Å². The Morgan fingerprint density at radius 1 is 1.20 bits per heavy atom. The van der Waals surface area contributed by atoms with Crippen LogP contribution in [0.1, 0.15) is 49.2 Å². The quantitative estimate of drug-likeness (QED) is 0.855. The Balaban J connectivity index is 2.66. The van der Waals surface area contributed by atoms with Crippen molar-refractivity contribution in [3.8, 4) is 0 Å². The molecular weight excluding hydrogens is 258 g/mol. The van der Waals surface area contributed by atoms with Gasteiger partial charge >= 0.3 is 11.9 Å². The molecule has 110 valence electrons. The third kappa shape index (κ3) is 5.01. The van der Waals surface area contributed by atoms with Gasteiger partial charge in [0.1, 0.15) is 5.60 Å². The Hall–Kier alpha value is -1.88. The predicted molar refractivity (Wildman–Crippen MR) is 75.2 cm³/mol. The van der Waals surface area contributed by atoms with E-state index in [-0.39, 0.29) is 12.4 Å². The van der Waals surface area contributed by atoms with Crippen molar-refractivity contribution in [3.05, 3.63) is 35.4 Å². The number of esters is 2. The second-order valence-corrected chi connectivity index (χ2v) is 5.51. The summed E-state index contributed by atoms with van der Waals surface area (Å²) in [5.74, 6) is -0.751. The van der Waals surface area contributed by atoms with Crippen LogP contribution >= 0.6 is 0 Å². The molecule has 0 bridgehead atoms. The summed E-state index contributed by atoms with van der Waals surface area (Å²) < 4.78 is 9.83. The number of rotatable bonds is 4. The molecule has 0 radical (unpaired) electrons. The third-order valence-electron chi connectivity index (χ3n) is 2.57. The van der Waals surface area contributed by atoms with E-state index < -0.39 is 17.6 Å². The van der Waals surface area contributed by atoms with Gasteiger partial charge in [0.05, 0.1) is 19.1 Å². The number of hydrogen-bond acceptors (Lipinski definition) is 5. The average Bonchev–Trinajstić information content (AvgIpc) is 2.35. The summed E-state index contributed by atoms with van der Waals surface area (Å²) in [5.41, 5.74) is 6.65. The molecule has 1 atom stereocenters. The Morgan fingerprint density at radius 2 is 1.75 bits per heavy atom. The van der Waals surface area contributed by atoms with Crippen LogP contribution in [0.5, 0.6) is 0 Å². The predicted octanol–water partition coefficient (Wildman–Crippen LogP) is 2.20. The van der Waals surface area contributed by atoms with E-state index in [4.69, 9.17) is 10.5 Å². The number of ether oxygens (including phenoxy) is 2. The first-order valence-electron chi connectivity index (χ1n) is 6.38. The molecule has 0 spiro atoms. The molecule has 2 N–H and O–H groups in total. The summed E-state index contributed by atoms with van der Waals surface area (Å²) in [7, 11) is 1.32. The van der Waals surface area contributed by atoms with Gasteiger partial charge in [0, 0.05) is 6.04 Å². The molecule has 5 nitrogen and oxygen atoms in total. The zero-order valence-corrected chi connectivity index (χ0v) is 12.3. The minimum atomic E-state index is -0.522. The Kier molecular flexibility index (Phi) is 5.27. The molecule has 0 aliphatic rings. The molecule has 0 aromatic heterocycles. The van der Waals surface area contributed by atoms with E-state index in [0.29, 0.717) is 5.56 Å². The van der Waals surface area contributed by atoms with Crippen molar-refractivity contribution in [1.29, 1.82) is 0 Å². The van der Waals surface area contributed by atoms with E-state index in [1.54, 1.807) is 24.3 Å². The van der Waals surface area contributed by atoms with Gasteiger partial charge in [0.2, 0.25) is 0 Å². The lowest BCUT2D eigenvalue weighted by molar-refractivity contribution is -0.155. The SMILES string of the molecule is COC(=O)c1ccc(C(N)CC(=O)OC(C)(C)C)cc1. The summed E-state index contributed by atoms with van der Waals surface area (Å²) in [5, 5.41) is 0. The highest BCUT2D eigenvalue weighted by Gasteiger charge is 2.19. The summed E-state index contributed by atoms with van der Waals surface area (Å²) in [6, 6.07) is 6.20. The molecule has 1 rings (SSSR count). The number of nitrogens with two attached hydrogens (primary N) is 1. The fourth-order valence-corrected chi connectivity index (χ4v) is 1.66. The lowest BCUT2D eigenvalue weighted by atomic mass is 10.0. The Bertz CT molecular complexity index is 474. The van der Waals surface area contributed by atoms with Crippen molar-refractivity contribution >= 4 is 11.9 Å². The van der Waals surface area contributed by atoms with Gasteiger partial charge in [-0.25, -0.2) is 4.79 Å². The molecule has 0 amide bonds. The number of benzene rings is 1. The van der Waals surface area contributed by atoms with Crippen LogP contribution in [-0.2, 0) is 14.3 Å². The van der Waals surface area contributed by atoms with Crippen LogP contribution in [0, 0.1) is 0 Å². The highest BCUT2D eigenvalue weighted by Crippen LogP contribution is 2.18. The topological polar surface area (TPSA) is 78.6 Å². The molecule has 20 heavy (non-hydrogen) atoms. The maximum absolute atomic E-state index is 11.7. The van der Waals surface area contributed by atoms with Gasteiger partial charge in [-0.15, -0.1) is 0 Å². The summed E-state index contributed by atoms with van der Waals surface area (Å²) in [6.07, 6.45) is 0.0921. The molecule has 1 aromatic rings. The van der Waals surface area contributed by atoms with Crippen molar-refractivity contribution in [2.75, 3.05) is 7.11 Å².